The van der Waals surface area contributed by atoms with Crippen molar-refractivity contribution in [2.75, 3.05) is 10.6 Å². The van der Waals surface area contributed by atoms with Gasteiger partial charge in [0, 0.05) is 6.07 Å². The number of benzene rings is 3. The number of nitrogen functional groups attached to an aromatic ring is 1. The average Bonchev–Trinajstić information content (AvgIpc) is 3.20. The van der Waals surface area contributed by atoms with Crippen molar-refractivity contribution in [2.45, 2.75) is 12.7 Å². The molecular formula is C27H20F4N6O2. The summed E-state index contributed by atoms with van der Waals surface area (Å²) in [5.41, 5.74) is 12.1. The molecule has 0 aliphatic heterocycles. The standard InChI is InChI=1S/C27H20F4N6O2/c28-20-9-6-17(27(29,30)31)12-22(20)37(26(33)38)24-11-8-19(14-34-24)39-18-7-10-21-23(13-18)36(25(32)35-21)15-16-4-2-1-3-5-16/h1-14H,15H2,(H2,32,35)(H2,33,38). The number of alkyl halides is 3. The van der Waals surface area contributed by atoms with Gasteiger partial charge >= 0.3 is 12.2 Å². The van der Waals surface area contributed by atoms with Crippen LogP contribution in [0.4, 0.5) is 39.8 Å². The molecule has 4 N–H and O–H groups in total. The number of nitrogens with zero attached hydrogens (tertiary/aromatic N) is 4. The summed E-state index contributed by atoms with van der Waals surface area (Å²) in [5, 5.41) is 0. The fraction of sp³-hybridized carbons (Fsp3) is 0.0741. The number of halogens is 4. The lowest BCUT2D eigenvalue weighted by molar-refractivity contribution is -0.137. The Bertz CT molecular complexity index is 1650. The number of amides is 2. The molecule has 2 heterocycles. The number of ether oxygens (including phenoxy) is 1. The second kappa shape index (κ2) is 9.97. The molecule has 0 spiro atoms. The zero-order chi connectivity index (χ0) is 27.7. The Morgan fingerprint density at radius 3 is 2.38 bits per heavy atom. The normalized spacial score (nSPS) is 11.5. The number of anilines is 3. The first-order valence-corrected chi connectivity index (χ1v) is 11.5. The molecule has 0 saturated carbocycles. The van der Waals surface area contributed by atoms with Gasteiger partial charge in [0.05, 0.1) is 35.0 Å². The fourth-order valence-electron chi connectivity index (χ4n) is 4.03. The van der Waals surface area contributed by atoms with E-state index in [4.69, 9.17) is 16.2 Å². The maximum atomic E-state index is 14.4. The van der Waals surface area contributed by atoms with Crippen molar-refractivity contribution in [3.63, 3.8) is 0 Å². The van der Waals surface area contributed by atoms with E-state index in [1.165, 1.54) is 18.3 Å². The molecule has 0 aliphatic carbocycles. The molecule has 0 atom stereocenters. The van der Waals surface area contributed by atoms with Crippen molar-refractivity contribution in [1.82, 2.24) is 14.5 Å². The minimum Gasteiger partial charge on any atom is -0.456 e. The maximum absolute atomic E-state index is 14.4. The van der Waals surface area contributed by atoms with Gasteiger partial charge in [0.2, 0.25) is 5.95 Å². The van der Waals surface area contributed by atoms with Crippen LogP contribution in [0.15, 0.2) is 85.1 Å². The van der Waals surface area contributed by atoms with Gasteiger partial charge in [-0.25, -0.2) is 24.1 Å². The number of nitrogens with two attached hydrogens (primary N) is 2. The van der Waals surface area contributed by atoms with Crippen molar-refractivity contribution in [1.29, 1.82) is 0 Å². The van der Waals surface area contributed by atoms with Gasteiger partial charge in [-0.15, -0.1) is 0 Å². The van der Waals surface area contributed by atoms with Crippen LogP contribution in [0.1, 0.15) is 11.1 Å². The van der Waals surface area contributed by atoms with Crippen LogP contribution in [0.5, 0.6) is 11.5 Å². The third-order valence-electron chi connectivity index (χ3n) is 5.85. The number of primary amides is 1. The summed E-state index contributed by atoms with van der Waals surface area (Å²) in [6.07, 6.45) is -3.52. The van der Waals surface area contributed by atoms with Gasteiger partial charge in [-0.1, -0.05) is 30.3 Å². The summed E-state index contributed by atoms with van der Waals surface area (Å²) >= 11 is 0. The Labute approximate surface area is 219 Å². The topological polar surface area (TPSA) is 112 Å². The van der Waals surface area contributed by atoms with E-state index in [0.29, 0.717) is 46.9 Å². The number of fused-ring (bicyclic) bond motifs is 1. The molecule has 0 fully saturated rings. The van der Waals surface area contributed by atoms with E-state index in [2.05, 4.69) is 9.97 Å². The van der Waals surface area contributed by atoms with Crippen LogP contribution in [0, 0.1) is 5.82 Å². The molecule has 5 aromatic rings. The van der Waals surface area contributed by atoms with Crippen molar-refractivity contribution >= 4 is 34.5 Å². The van der Waals surface area contributed by atoms with Crippen LogP contribution in [-0.4, -0.2) is 20.6 Å². The van der Waals surface area contributed by atoms with E-state index in [0.717, 1.165) is 11.1 Å². The van der Waals surface area contributed by atoms with Gasteiger partial charge in [-0.3, -0.25) is 0 Å². The monoisotopic (exact) mass is 536 g/mol. The van der Waals surface area contributed by atoms with Gasteiger partial charge in [-0.2, -0.15) is 13.2 Å². The largest absolute Gasteiger partial charge is 0.456 e. The Kier molecular flexibility index (Phi) is 6.52. The number of imidazole rings is 1. The molecule has 198 valence electrons. The van der Waals surface area contributed by atoms with Crippen LogP contribution in [0.3, 0.4) is 0 Å². The number of aromatic nitrogens is 3. The lowest BCUT2D eigenvalue weighted by Gasteiger charge is -2.21. The van der Waals surface area contributed by atoms with E-state index in [1.54, 1.807) is 18.2 Å². The Morgan fingerprint density at radius 2 is 1.72 bits per heavy atom. The molecular weight excluding hydrogens is 516 g/mol. The second-order valence-corrected chi connectivity index (χ2v) is 8.48. The minimum absolute atomic E-state index is 0.197. The van der Waals surface area contributed by atoms with Crippen molar-refractivity contribution < 1.29 is 27.1 Å². The van der Waals surface area contributed by atoms with E-state index in [-0.39, 0.29) is 11.6 Å². The molecule has 0 saturated heterocycles. The highest BCUT2D eigenvalue weighted by Crippen LogP contribution is 2.35. The smallest absolute Gasteiger partial charge is 0.416 e. The predicted octanol–water partition coefficient (Wildman–Crippen LogP) is 6.23. The maximum Gasteiger partial charge on any atom is 0.416 e. The molecule has 12 heteroatoms. The Balaban J connectivity index is 1.41. The van der Waals surface area contributed by atoms with E-state index in [1.807, 2.05) is 34.9 Å². The molecule has 2 aromatic heterocycles. The molecule has 39 heavy (non-hydrogen) atoms. The van der Waals surface area contributed by atoms with Gasteiger partial charge in [0.1, 0.15) is 23.1 Å². The van der Waals surface area contributed by atoms with Crippen LogP contribution in [0.25, 0.3) is 11.0 Å². The van der Waals surface area contributed by atoms with Crippen LogP contribution >= 0.6 is 0 Å². The summed E-state index contributed by atoms with van der Waals surface area (Å²) < 4.78 is 61.6. The third-order valence-corrected chi connectivity index (χ3v) is 5.85. The Hall–Kier alpha value is -5.13. The number of carbonyl (C=O) groups excluding carboxylic acids is 1. The van der Waals surface area contributed by atoms with E-state index in [9.17, 15) is 22.4 Å². The van der Waals surface area contributed by atoms with Crippen LogP contribution < -0.4 is 21.1 Å². The number of hydrogen-bond donors (Lipinski definition) is 2. The van der Waals surface area contributed by atoms with E-state index < -0.39 is 29.3 Å². The third kappa shape index (κ3) is 5.30. The summed E-state index contributed by atoms with van der Waals surface area (Å²) in [4.78, 5) is 21.1. The summed E-state index contributed by atoms with van der Waals surface area (Å²) in [6.45, 7) is 0.498. The number of urea groups is 1. The van der Waals surface area contributed by atoms with Gasteiger partial charge in [0.25, 0.3) is 0 Å². The predicted molar refractivity (Wildman–Crippen MR) is 137 cm³/mol. The van der Waals surface area contributed by atoms with Gasteiger partial charge in [0.15, 0.2) is 0 Å². The van der Waals surface area contributed by atoms with Crippen molar-refractivity contribution in [2.24, 2.45) is 5.73 Å². The average molecular weight is 536 g/mol. The number of pyridine rings is 1. The molecule has 8 nitrogen and oxygen atoms in total. The molecule has 0 radical (unpaired) electrons. The summed E-state index contributed by atoms with van der Waals surface area (Å²) in [6, 6.07) is 18.0. The lowest BCUT2D eigenvalue weighted by atomic mass is 10.1. The lowest BCUT2D eigenvalue weighted by Crippen LogP contribution is -2.33. The zero-order valence-corrected chi connectivity index (χ0v) is 20.1. The first kappa shape index (κ1) is 25.5. The van der Waals surface area contributed by atoms with Crippen molar-refractivity contribution in [3.8, 4) is 11.5 Å². The second-order valence-electron chi connectivity index (χ2n) is 8.48. The van der Waals surface area contributed by atoms with Crippen molar-refractivity contribution in [3.05, 3.63) is 102 Å². The van der Waals surface area contributed by atoms with Crippen LogP contribution in [-0.2, 0) is 12.7 Å². The first-order chi connectivity index (χ1) is 18.6. The summed E-state index contributed by atoms with van der Waals surface area (Å²) in [5.74, 6) is -0.262. The highest BCUT2D eigenvalue weighted by molar-refractivity contribution is 5.97. The van der Waals surface area contributed by atoms with Gasteiger partial charge in [-0.05, 0) is 48.0 Å². The highest BCUT2D eigenvalue weighted by atomic mass is 19.4. The molecule has 0 aliphatic rings. The van der Waals surface area contributed by atoms with Gasteiger partial charge < -0.3 is 20.8 Å². The number of rotatable bonds is 6. The molecule has 0 bridgehead atoms. The Morgan fingerprint density at radius 1 is 0.974 bits per heavy atom. The molecule has 5 rings (SSSR count). The minimum atomic E-state index is -4.75. The molecule has 0 unspecified atom stereocenters. The molecule has 2 amide bonds. The first-order valence-electron chi connectivity index (χ1n) is 11.5. The SMILES string of the molecule is NC(=O)N(c1ccc(Oc2ccc3nc(N)n(Cc4ccccc4)c3c2)cn1)c1cc(C(F)(F)F)ccc1F. The molecule has 3 aromatic carbocycles. The summed E-state index contributed by atoms with van der Waals surface area (Å²) in [7, 11) is 0. The quantitative estimate of drug-likeness (QED) is 0.250. The van der Waals surface area contributed by atoms with E-state index >= 15 is 0 Å². The van der Waals surface area contributed by atoms with Crippen LogP contribution in [0.2, 0.25) is 0 Å². The zero-order valence-electron chi connectivity index (χ0n) is 20.1. The fourth-order valence-corrected chi connectivity index (χ4v) is 4.03. The highest BCUT2D eigenvalue weighted by Gasteiger charge is 2.33. The number of hydrogen-bond acceptors (Lipinski definition) is 5. The number of carbonyl (C=O) groups is 1.